The molecule has 5 nitrogen and oxygen atoms in total. The van der Waals surface area contributed by atoms with Crippen molar-refractivity contribution in [3.05, 3.63) is 53.2 Å². The first-order chi connectivity index (χ1) is 12.0. The molecule has 1 aliphatic heterocycles. The van der Waals surface area contributed by atoms with E-state index in [0.29, 0.717) is 12.4 Å². The van der Waals surface area contributed by atoms with Gasteiger partial charge in [-0.2, -0.15) is 0 Å². The molecule has 1 atom stereocenters. The minimum Gasteiger partial charge on any atom is -0.444 e. The van der Waals surface area contributed by atoms with Gasteiger partial charge in [0.1, 0.15) is 5.76 Å². The smallest absolute Gasteiger partial charge is 0.220 e. The Labute approximate surface area is 149 Å². The Hall–Kier alpha value is -2.14. The van der Waals surface area contributed by atoms with E-state index in [0.717, 1.165) is 38.2 Å². The Morgan fingerprint density at radius 3 is 2.76 bits per heavy atom. The maximum absolute atomic E-state index is 12.2. The maximum atomic E-state index is 12.2. The standard InChI is InChI=1S/C20H27N3O2/c1-4-19-11-21-20(25-19)14-23(16(3)24)18-9-10-22(13-18)12-17-7-5-15(2)6-8-17/h5-8,11,18H,4,9-10,12-14H2,1-3H3/t18-/m1/s1. The third-order valence-electron chi connectivity index (χ3n) is 4.88. The average Bonchev–Trinajstić information content (AvgIpc) is 3.23. The number of amides is 1. The third kappa shape index (κ3) is 4.48. The van der Waals surface area contributed by atoms with Gasteiger partial charge in [-0.3, -0.25) is 9.69 Å². The van der Waals surface area contributed by atoms with Crippen LogP contribution in [-0.4, -0.2) is 39.8 Å². The molecule has 0 unspecified atom stereocenters. The first kappa shape index (κ1) is 17.7. The van der Waals surface area contributed by atoms with E-state index in [1.807, 2.05) is 11.8 Å². The number of carbonyl (C=O) groups is 1. The van der Waals surface area contributed by atoms with Crippen molar-refractivity contribution < 1.29 is 9.21 Å². The molecule has 1 aliphatic rings. The molecule has 1 fully saturated rings. The van der Waals surface area contributed by atoms with Crippen molar-refractivity contribution in [1.82, 2.24) is 14.8 Å². The zero-order chi connectivity index (χ0) is 17.8. The van der Waals surface area contributed by atoms with Crippen LogP contribution >= 0.6 is 0 Å². The molecule has 1 saturated heterocycles. The minimum atomic E-state index is 0.0819. The molecular weight excluding hydrogens is 314 g/mol. The summed E-state index contributed by atoms with van der Waals surface area (Å²) >= 11 is 0. The van der Waals surface area contributed by atoms with Crippen LogP contribution in [0.2, 0.25) is 0 Å². The van der Waals surface area contributed by atoms with Gasteiger partial charge < -0.3 is 9.32 Å². The van der Waals surface area contributed by atoms with E-state index in [1.54, 1.807) is 13.1 Å². The van der Waals surface area contributed by atoms with Gasteiger partial charge in [-0.1, -0.05) is 36.8 Å². The Bertz CT molecular complexity index is 708. The Kier molecular flexibility index (Phi) is 5.53. The number of oxazole rings is 1. The van der Waals surface area contributed by atoms with Crippen LogP contribution in [0.4, 0.5) is 0 Å². The van der Waals surface area contributed by atoms with Crippen molar-refractivity contribution in [1.29, 1.82) is 0 Å². The van der Waals surface area contributed by atoms with E-state index >= 15 is 0 Å². The van der Waals surface area contributed by atoms with Gasteiger partial charge in [0, 0.05) is 39.0 Å². The van der Waals surface area contributed by atoms with Crippen LogP contribution in [-0.2, 0) is 24.3 Å². The summed E-state index contributed by atoms with van der Waals surface area (Å²) in [5.74, 6) is 1.58. The van der Waals surface area contributed by atoms with Gasteiger partial charge in [0.25, 0.3) is 0 Å². The van der Waals surface area contributed by atoms with Crippen molar-refractivity contribution in [3.63, 3.8) is 0 Å². The molecule has 0 saturated carbocycles. The largest absolute Gasteiger partial charge is 0.444 e. The zero-order valence-corrected chi connectivity index (χ0v) is 15.4. The van der Waals surface area contributed by atoms with Gasteiger partial charge >= 0.3 is 0 Å². The highest BCUT2D eigenvalue weighted by molar-refractivity contribution is 5.73. The molecule has 1 aromatic carbocycles. The highest BCUT2D eigenvalue weighted by Crippen LogP contribution is 2.21. The lowest BCUT2D eigenvalue weighted by Gasteiger charge is -2.27. The van der Waals surface area contributed by atoms with Crippen LogP contribution in [0.25, 0.3) is 0 Å². The minimum absolute atomic E-state index is 0.0819. The van der Waals surface area contributed by atoms with E-state index in [2.05, 4.69) is 41.1 Å². The van der Waals surface area contributed by atoms with Crippen LogP contribution in [0.1, 0.15) is 43.0 Å². The Balaban J connectivity index is 1.61. The number of hydrogen-bond donors (Lipinski definition) is 0. The van der Waals surface area contributed by atoms with Crippen molar-refractivity contribution in [2.24, 2.45) is 0 Å². The fourth-order valence-corrected chi connectivity index (χ4v) is 3.39. The van der Waals surface area contributed by atoms with Crippen LogP contribution in [0.3, 0.4) is 0 Å². The lowest BCUT2D eigenvalue weighted by atomic mass is 10.1. The molecule has 1 amide bonds. The molecule has 134 valence electrons. The summed E-state index contributed by atoms with van der Waals surface area (Å²) in [6.45, 7) is 9.06. The Morgan fingerprint density at radius 1 is 1.36 bits per heavy atom. The van der Waals surface area contributed by atoms with Crippen molar-refractivity contribution in [2.45, 2.75) is 52.7 Å². The summed E-state index contributed by atoms with van der Waals surface area (Å²) in [6, 6.07) is 8.89. The zero-order valence-electron chi connectivity index (χ0n) is 15.4. The monoisotopic (exact) mass is 341 g/mol. The van der Waals surface area contributed by atoms with Gasteiger partial charge in [-0.05, 0) is 18.9 Å². The molecule has 1 aromatic heterocycles. The lowest BCUT2D eigenvalue weighted by Crippen LogP contribution is -2.40. The summed E-state index contributed by atoms with van der Waals surface area (Å²) < 4.78 is 5.69. The van der Waals surface area contributed by atoms with Crippen LogP contribution in [0.15, 0.2) is 34.9 Å². The van der Waals surface area contributed by atoms with Gasteiger partial charge in [-0.15, -0.1) is 0 Å². The van der Waals surface area contributed by atoms with Crippen LogP contribution < -0.4 is 0 Å². The molecular formula is C20H27N3O2. The molecule has 0 aliphatic carbocycles. The average molecular weight is 341 g/mol. The SMILES string of the molecule is CCc1cnc(CN(C(C)=O)[C@@H]2CCN(Cc3ccc(C)cc3)C2)o1. The van der Waals surface area contributed by atoms with E-state index in [4.69, 9.17) is 4.42 Å². The van der Waals surface area contributed by atoms with E-state index in [1.165, 1.54) is 11.1 Å². The predicted molar refractivity (Wildman–Crippen MR) is 97.0 cm³/mol. The highest BCUT2D eigenvalue weighted by atomic mass is 16.4. The number of nitrogens with zero attached hydrogens (tertiary/aromatic N) is 3. The molecule has 5 heteroatoms. The second-order valence-electron chi connectivity index (χ2n) is 6.88. The van der Waals surface area contributed by atoms with E-state index < -0.39 is 0 Å². The van der Waals surface area contributed by atoms with E-state index in [-0.39, 0.29) is 11.9 Å². The third-order valence-corrected chi connectivity index (χ3v) is 4.88. The van der Waals surface area contributed by atoms with Crippen LogP contribution in [0.5, 0.6) is 0 Å². The second-order valence-corrected chi connectivity index (χ2v) is 6.88. The quantitative estimate of drug-likeness (QED) is 0.810. The molecule has 0 radical (unpaired) electrons. The predicted octanol–water partition coefficient (Wildman–Crippen LogP) is 3.17. The first-order valence-electron chi connectivity index (χ1n) is 9.04. The lowest BCUT2D eigenvalue weighted by molar-refractivity contribution is -0.132. The number of likely N-dealkylation sites (tertiary alicyclic amines) is 1. The summed E-state index contributed by atoms with van der Waals surface area (Å²) in [5, 5.41) is 0. The number of aryl methyl sites for hydroxylation is 2. The summed E-state index contributed by atoms with van der Waals surface area (Å²) in [6.07, 6.45) is 3.57. The summed E-state index contributed by atoms with van der Waals surface area (Å²) in [5.41, 5.74) is 2.60. The topological polar surface area (TPSA) is 49.6 Å². The highest BCUT2D eigenvalue weighted by Gasteiger charge is 2.30. The van der Waals surface area contributed by atoms with Crippen molar-refractivity contribution in [2.75, 3.05) is 13.1 Å². The van der Waals surface area contributed by atoms with Gasteiger partial charge in [-0.25, -0.2) is 4.98 Å². The first-order valence-corrected chi connectivity index (χ1v) is 9.04. The number of hydrogen-bond acceptors (Lipinski definition) is 4. The normalized spacial score (nSPS) is 17.8. The summed E-state index contributed by atoms with van der Waals surface area (Å²) in [4.78, 5) is 20.8. The molecule has 2 heterocycles. The number of benzene rings is 1. The number of carbonyl (C=O) groups excluding carboxylic acids is 1. The molecule has 3 rings (SSSR count). The van der Waals surface area contributed by atoms with E-state index in [9.17, 15) is 4.79 Å². The van der Waals surface area contributed by atoms with Gasteiger partial charge in [0.2, 0.25) is 11.8 Å². The molecule has 2 aromatic rings. The van der Waals surface area contributed by atoms with Gasteiger partial charge in [0.15, 0.2) is 0 Å². The Morgan fingerprint density at radius 2 is 2.12 bits per heavy atom. The maximum Gasteiger partial charge on any atom is 0.220 e. The number of aromatic nitrogens is 1. The van der Waals surface area contributed by atoms with Crippen molar-refractivity contribution in [3.8, 4) is 0 Å². The molecule has 0 N–H and O–H groups in total. The summed E-state index contributed by atoms with van der Waals surface area (Å²) in [7, 11) is 0. The molecule has 0 bridgehead atoms. The van der Waals surface area contributed by atoms with Crippen molar-refractivity contribution >= 4 is 5.91 Å². The fourth-order valence-electron chi connectivity index (χ4n) is 3.39. The van der Waals surface area contributed by atoms with Crippen LogP contribution in [0, 0.1) is 6.92 Å². The van der Waals surface area contributed by atoms with Gasteiger partial charge in [0.05, 0.1) is 12.7 Å². The number of rotatable bonds is 6. The molecule has 25 heavy (non-hydrogen) atoms. The molecule has 0 spiro atoms. The second kappa shape index (κ2) is 7.83. The fraction of sp³-hybridized carbons (Fsp3) is 0.500.